The van der Waals surface area contributed by atoms with E-state index in [1.165, 1.54) is 6.92 Å². The number of nitrogens with zero attached hydrogens (tertiary/aromatic N) is 1. The molecule has 0 saturated carbocycles. The van der Waals surface area contributed by atoms with Crippen LogP contribution in [0.15, 0.2) is 12.1 Å². The molecule has 0 fully saturated rings. The summed E-state index contributed by atoms with van der Waals surface area (Å²) in [7, 11) is 1.57. The van der Waals surface area contributed by atoms with Gasteiger partial charge in [-0.2, -0.15) is 0 Å². The summed E-state index contributed by atoms with van der Waals surface area (Å²) in [5, 5.41) is 8.65. The Bertz CT molecular complexity index is 378. The largest absolute Gasteiger partial charge is 0.497 e. The third-order valence-corrected chi connectivity index (χ3v) is 2.04. The number of carboxylic acid groups (broad SMARTS) is 1. The van der Waals surface area contributed by atoms with Crippen molar-refractivity contribution < 1.29 is 19.4 Å². The Morgan fingerprint density at radius 2 is 2.25 bits per heavy atom. The van der Waals surface area contributed by atoms with Crippen LogP contribution in [0.2, 0.25) is 0 Å². The van der Waals surface area contributed by atoms with Crippen LogP contribution in [0.25, 0.3) is 0 Å². The van der Waals surface area contributed by atoms with Gasteiger partial charge in [-0.15, -0.1) is 0 Å². The van der Waals surface area contributed by atoms with Crippen molar-refractivity contribution in [3.05, 3.63) is 23.5 Å². The fourth-order valence-electron chi connectivity index (χ4n) is 1.18. The molecule has 1 heterocycles. The first-order valence-electron chi connectivity index (χ1n) is 4.89. The molecule has 1 rings (SSSR count). The highest BCUT2D eigenvalue weighted by Crippen LogP contribution is 2.14. The van der Waals surface area contributed by atoms with Crippen LogP contribution in [0, 0.1) is 6.92 Å². The van der Waals surface area contributed by atoms with Crippen LogP contribution in [0.3, 0.4) is 0 Å². The van der Waals surface area contributed by atoms with Gasteiger partial charge in [-0.25, -0.2) is 4.79 Å². The van der Waals surface area contributed by atoms with Crippen LogP contribution in [-0.2, 0) is 16.1 Å². The Kier molecular flexibility index (Phi) is 4.25. The first-order chi connectivity index (χ1) is 7.52. The van der Waals surface area contributed by atoms with Crippen molar-refractivity contribution in [2.75, 3.05) is 7.11 Å². The highest BCUT2D eigenvalue weighted by atomic mass is 16.5. The van der Waals surface area contributed by atoms with Gasteiger partial charge in [0.15, 0.2) is 6.10 Å². The molecule has 0 aliphatic carbocycles. The number of pyridine rings is 1. The van der Waals surface area contributed by atoms with Gasteiger partial charge in [-0.1, -0.05) is 0 Å². The summed E-state index contributed by atoms with van der Waals surface area (Å²) in [5.41, 5.74) is 1.46. The van der Waals surface area contributed by atoms with Gasteiger partial charge in [-0.3, -0.25) is 4.98 Å². The number of carboxylic acids is 1. The van der Waals surface area contributed by atoms with Crippen molar-refractivity contribution in [2.24, 2.45) is 0 Å². The maximum Gasteiger partial charge on any atom is 0.332 e. The number of aryl methyl sites for hydroxylation is 1. The van der Waals surface area contributed by atoms with Crippen molar-refractivity contribution in [1.82, 2.24) is 4.98 Å². The molecule has 16 heavy (non-hydrogen) atoms. The number of ether oxygens (including phenoxy) is 2. The molecule has 1 aromatic heterocycles. The molecule has 0 aliphatic heterocycles. The Morgan fingerprint density at radius 3 is 2.81 bits per heavy atom. The maximum atomic E-state index is 10.5. The van der Waals surface area contributed by atoms with Gasteiger partial charge in [0.25, 0.3) is 0 Å². The molecule has 88 valence electrons. The molecule has 1 N–H and O–H groups in total. The van der Waals surface area contributed by atoms with E-state index < -0.39 is 12.1 Å². The third kappa shape index (κ3) is 3.51. The van der Waals surface area contributed by atoms with Gasteiger partial charge in [0.1, 0.15) is 5.75 Å². The Balaban J connectivity index is 2.66. The number of aromatic nitrogens is 1. The molecule has 1 unspecified atom stereocenters. The van der Waals surface area contributed by atoms with E-state index in [0.29, 0.717) is 11.4 Å². The standard InChI is InChI=1S/C11H15NO4/c1-7-4-10(15-3)5-9(12-7)6-16-8(2)11(13)14/h4-5,8H,6H2,1-3H3,(H,13,14). The second-order valence-electron chi connectivity index (χ2n) is 3.43. The fraction of sp³-hybridized carbons (Fsp3) is 0.455. The van der Waals surface area contributed by atoms with Gasteiger partial charge < -0.3 is 14.6 Å². The summed E-state index contributed by atoms with van der Waals surface area (Å²) >= 11 is 0. The Labute approximate surface area is 94.0 Å². The smallest absolute Gasteiger partial charge is 0.332 e. The molecular weight excluding hydrogens is 210 g/mol. The van der Waals surface area contributed by atoms with Crippen molar-refractivity contribution in [1.29, 1.82) is 0 Å². The Hall–Kier alpha value is -1.62. The van der Waals surface area contributed by atoms with E-state index in [9.17, 15) is 4.79 Å². The second-order valence-corrected chi connectivity index (χ2v) is 3.43. The zero-order valence-electron chi connectivity index (χ0n) is 9.56. The summed E-state index contributed by atoms with van der Waals surface area (Å²) < 4.78 is 10.2. The van der Waals surface area contributed by atoms with Crippen LogP contribution in [0.5, 0.6) is 5.75 Å². The van der Waals surface area contributed by atoms with Gasteiger partial charge in [0, 0.05) is 17.8 Å². The van der Waals surface area contributed by atoms with Crippen LogP contribution in [0.4, 0.5) is 0 Å². The molecule has 0 aliphatic rings. The van der Waals surface area contributed by atoms with Gasteiger partial charge in [-0.05, 0) is 13.8 Å². The molecular formula is C11H15NO4. The Morgan fingerprint density at radius 1 is 1.56 bits per heavy atom. The molecule has 1 atom stereocenters. The van der Waals surface area contributed by atoms with E-state index >= 15 is 0 Å². The van der Waals surface area contributed by atoms with Gasteiger partial charge in [0.2, 0.25) is 0 Å². The number of carbonyl (C=O) groups is 1. The van der Waals surface area contributed by atoms with E-state index in [0.717, 1.165) is 5.69 Å². The van der Waals surface area contributed by atoms with Crippen molar-refractivity contribution in [2.45, 2.75) is 26.6 Å². The second kappa shape index (κ2) is 5.46. The average molecular weight is 225 g/mol. The lowest BCUT2D eigenvalue weighted by molar-refractivity contribution is -0.149. The van der Waals surface area contributed by atoms with E-state index in [1.54, 1.807) is 19.2 Å². The number of hydrogen-bond donors (Lipinski definition) is 1. The molecule has 0 aromatic carbocycles. The normalized spacial score (nSPS) is 12.2. The number of methoxy groups -OCH3 is 1. The molecule has 0 saturated heterocycles. The quantitative estimate of drug-likeness (QED) is 0.820. The van der Waals surface area contributed by atoms with Gasteiger partial charge >= 0.3 is 5.97 Å². The van der Waals surface area contributed by atoms with Crippen molar-refractivity contribution in [3.8, 4) is 5.75 Å². The third-order valence-electron chi connectivity index (χ3n) is 2.04. The van der Waals surface area contributed by atoms with Crippen molar-refractivity contribution >= 4 is 5.97 Å². The van der Waals surface area contributed by atoms with E-state index in [4.69, 9.17) is 14.6 Å². The van der Waals surface area contributed by atoms with Gasteiger partial charge in [0.05, 0.1) is 19.4 Å². The molecule has 1 aromatic rings. The van der Waals surface area contributed by atoms with Crippen LogP contribution in [0.1, 0.15) is 18.3 Å². The lowest BCUT2D eigenvalue weighted by Gasteiger charge is -2.09. The predicted molar refractivity (Wildman–Crippen MR) is 57.4 cm³/mol. The molecule has 0 spiro atoms. The minimum atomic E-state index is -0.986. The first-order valence-corrected chi connectivity index (χ1v) is 4.89. The lowest BCUT2D eigenvalue weighted by atomic mass is 10.3. The zero-order valence-corrected chi connectivity index (χ0v) is 9.56. The highest BCUT2D eigenvalue weighted by Gasteiger charge is 2.11. The zero-order chi connectivity index (χ0) is 12.1. The summed E-state index contributed by atoms with van der Waals surface area (Å²) in [4.78, 5) is 14.8. The van der Waals surface area contributed by atoms with E-state index in [2.05, 4.69) is 4.98 Å². The minimum Gasteiger partial charge on any atom is -0.497 e. The summed E-state index contributed by atoms with van der Waals surface area (Å²) in [5.74, 6) is -0.298. The molecule has 0 amide bonds. The lowest BCUT2D eigenvalue weighted by Crippen LogP contribution is -2.19. The SMILES string of the molecule is COc1cc(C)nc(COC(C)C(=O)O)c1. The number of rotatable bonds is 5. The summed E-state index contributed by atoms with van der Waals surface area (Å²) in [6.45, 7) is 3.48. The van der Waals surface area contributed by atoms with E-state index in [1.807, 2.05) is 6.92 Å². The maximum absolute atomic E-state index is 10.5. The van der Waals surface area contributed by atoms with Crippen LogP contribution >= 0.6 is 0 Å². The van der Waals surface area contributed by atoms with E-state index in [-0.39, 0.29) is 6.61 Å². The summed E-state index contributed by atoms with van der Waals surface area (Å²) in [6, 6.07) is 3.52. The molecule has 0 radical (unpaired) electrons. The molecule has 5 heteroatoms. The van der Waals surface area contributed by atoms with Crippen LogP contribution in [-0.4, -0.2) is 29.3 Å². The first kappa shape index (κ1) is 12.4. The average Bonchev–Trinajstić information content (AvgIpc) is 2.24. The topological polar surface area (TPSA) is 68.7 Å². The molecule has 5 nitrogen and oxygen atoms in total. The molecule has 0 bridgehead atoms. The minimum absolute atomic E-state index is 0.158. The van der Waals surface area contributed by atoms with Crippen LogP contribution < -0.4 is 4.74 Å². The number of aliphatic carboxylic acids is 1. The number of hydrogen-bond acceptors (Lipinski definition) is 4. The monoisotopic (exact) mass is 225 g/mol. The summed E-state index contributed by atoms with van der Waals surface area (Å²) in [6.07, 6.45) is -0.840. The predicted octanol–water partition coefficient (Wildman–Crippen LogP) is 1.39. The fourth-order valence-corrected chi connectivity index (χ4v) is 1.18. The van der Waals surface area contributed by atoms with Crippen molar-refractivity contribution in [3.63, 3.8) is 0 Å². The highest BCUT2D eigenvalue weighted by molar-refractivity contribution is 5.71.